The number of amides is 1. The predicted molar refractivity (Wildman–Crippen MR) is 92.4 cm³/mol. The zero-order valence-corrected chi connectivity index (χ0v) is 13.9. The van der Waals surface area contributed by atoms with Gasteiger partial charge in [0.25, 0.3) is 5.91 Å². The van der Waals surface area contributed by atoms with Crippen LogP contribution >= 0.6 is 0 Å². The summed E-state index contributed by atoms with van der Waals surface area (Å²) < 4.78 is 6.81. The zero-order valence-electron chi connectivity index (χ0n) is 13.9. The molecule has 1 fully saturated rings. The van der Waals surface area contributed by atoms with Gasteiger partial charge in [0, 0.05) is 29.3 Å². The van der Waals surface area contributed by atoms with Gasteiger partial charge in [0.05, 0.1) is 18.5 Å². The fourth-order valence-electron chi connectivity index (χ4n) is 3.19. The molecule has 0 bridgehead atoms. The lowest BCUT2D eigenvalue weighted by Crippen LogP contribution is -2.16. The highest BCUT2D eigenvalue weighted by atomic mass is 16.5. The van der Waals surface area contributed by atoms with Gasteiger partial charge in [0.2, 0.25) is 5.88 Å². The molecule has 8 heteroatoms. The van der Waals surface area contributed by atoms with Gasteiger partial charge in [-0.05, 0) is 24.6 Å². The molecule has 3 aromatic heterocycles. The Hall–Kier alpha value is -3.42. The van der Waals surface area contributed by atoms with E-state index in [1.54, 1.807) is 41.1 Å². The van der Waals surface area contributed by atoms with E-state index in [4.69, 9.17) is 15.6 Å². The van der Waals surface area contributed by atoms with E-state index in [2.05, 4.69) is 9.97 Å². The number of methoxy groups -OCH3 is 1. The Bertz CT molecular complexity index is 1040. The molecule has 3 heterocycles. The lowest BCUT2D eigenvalue weighted by molar-refractivity contribution is -0.138. The number of rotatable bonds is 5. The molecule has 132 valence electrons. The number of carboxylic acids is 1. The summed E-state index contributed by atoms with van der Waals surface area (Å²) in [6.45, 7) is 0. The van der Waals surface area contributed by atoms with Crippen LogP contribution < -0.4 is 10.5 Å². The number of hydrogen-bond donors (Lipinski definition) is 2. The number of carbonyl (C=O) groups is 2. The van der Waals surface area contributed by atoms with Crippen molar-refractivity contribution in [3.05, 3.63) is 47.9 Å². The lowest BCUT2D eigenvalue weighted by Gasteiger charge is -2.10. The Kier molecular flexibility index (Phi) is 3.61. The Morgan fingerprint density at radius 2 is 2.15 bits per heavy atom. The minimum absolute atomic E-state index is 0.109. The van der Waals surface area contributed by atoms with Crippen molar-refractivity contribution in [3.63, 3.8) is 0 Å². The molecule has 4 rings (SSSR count). The van der Waals surface area contributed by atoms with Crippen LogP contribution in [0.15, 0.2) is 36.5 Å². The van der Waals surface area contributed by atoms with Crippen molar-refractivity contribution in [2.75, 3.05) is 7.11 Å². The summed E-state index contributed by atoms with van der Waals surface area (Å²) in [6.07, 6.45) is 2.17. The number of nitrogens with zero attached hydrogens (tertiary/aromatic N) is 3. The van der Waals surface area contributed by atoms with Gasteiger partial charge in [-0.25, -0.2) is 9.97 Å². The number of fused-ring (bicyclic) bond motifs is 1. The number of aliphatic carboxylic acids is 1. The molecule has 3 aromatic rings. The van der Waals surface area contributed by atoms with Crippen LogP contribution in [0, 0.1) is 5.92 Å². The minimum atomic E-state index is -0.817. The highest BCUT2D eigenvalue weighted by Gasteiger charge is 2.45. The van der Waals surface area contributed by atoms with Crippen LogP contribution in [0.25, 0.3) is 16.7 Å². The largest absolute Gasteiger partial charge is 0.481 e. The topological polar surface area (TPSA) is 120 Å². The standard InChI is InChI=1S/C18H16N4O4/c1-26-16-7-13-9(8-20-16)5-14(17(19)23)22(13)15-4-2-3-12(21-15)10-6-11(10)18(24)25/h2-5,7-8,10-11H,6H2,1H3,(H2,19,23)(H,24,25)/t10-,11-/m1/s1. The molecule has 0 unspecified atom stereocenters. The number of ether oxygens (including phenoxy) is 1. The molecule has 0 radical (unpaired) electrons. The first-order valence-electron chi connectivity index (χ1n) is 8.05. The molecular weight excluding hydrogens is 336 g/mol. The quantitative estimate of drug-likeness (QED) is 0.721. The van der Waals surface area contributed by atoms with Gasteiger partial charge in [-0.2, -0.15) is 0 Å². The summed E-state index contributed by atoms with van der Waals surface area (Å²) in [5.74, 6) is -1.03. The third-order valence-electron chi connectivity index (χ3n) is 4.60. The van der Waals surface area contributed by atoms with E-state index in [9.17, 15) is 9.59 Å². The van der Waals surface area contributed by atoms with Gasteiger partial charge in [-0.15, -0.1) is 0 Å². The van der Waals surface area contributed by atoms with Gasteiger partial charge >= 0.3 is 5.97 Å². The van der Waals surface area contributed by atoms with Crippen LogP contribution in [-0.4, -0.2) is 38.6 Å². The molecule has 0 spiro atoms. The maximum Gasteiger partial charge on any atom is 0.307 e. The predicted octanol–water partition coefficient (Wildman–Crippen LogP) is 1.72. The van der Waals surface area contributed by atoms with Gasteiger partial charge in [-0.1, -0.05) is 6.07 Å². The van der Waals surface area contributed by atoms with Crippen LogP contribution in [-0.2, 0) is 4.79 Å². The van der Waals surface area contributed by atoms with Crippen molar-refractivity contribution in [1.29, 1.82) is 0 Å². The van der Waals surface area contributed by atoms with E-state index >= 15 is 0 Å². The number of aromatic nitrogens is 3. The number of carbonyl (C=O) groups excluding carboxylic acids is 1. The Balaban J connectivity index is 1.87. The van der Waals surface area contributed by atoms with Crippen LogP contribution in [0.1, 0.15) is 28.5 Å². The average molecular weight is 352 g/mol. The first-order chi connectivity index (χ1) is 12.5. The number of hydrogen-bond acceptors (Lipinski definition) is 5. The normalized spacial score (nSPS) is 18.7. The molecule has 1 aliphatic carbocycles. The van der Waals surface area contributed by atoms with Gasteiger partial charge in [-0.3, -0.25) is 14.2 Å². The van der Waals surface area contributed by atoms with E-state index in [0.29, 0.717) is 29.3 Å². The van der Waals surface area contributed by atoms with Crippen molar-refractivity contribution in [1.82, 2.24) is 14.5 Å². The first kappa shape index (κ1) is 16.1. The number of carboxylic acid groups (broad SMARTS) is 1. The van der Waals surface area contributed by atoms with Crippen LogP contribution in [0.4, 0.5) is 0 Å². The van der Waals surface area contributed by atoms with Gasteiger partial charge in [0.1, 0.15) is 11.5 Å². The number of pyridine rings is 2. The van der Waals surface area contributed by atoms with Crippen molar-refractivity contribution in [3.8, 4) is 11.7 Å². The summed E-state index contributed by atoms with van der Waals surface area (Å²) in [7, 11) is 1.51. The maximum atomic E-state index is 11.9. The van der Waals surface area contributed by atoms with Crippen molar-refractivity contribution < 1.29 is 19.4 Å². The molecule has 0 saturated heterocycles. The number of nitrogens with two attached hydrogens (primary N) is 1. The van der Waals surface area contributed by atoms with Gasteiger partial charge in [0.15, 0.2) is 0 Å². The van der Waals surface area contributed by atoms with Crippen molar-refractivity contribution in [2.24, 2.45) is 11.7 Å². The molecule has 1 amide bonds. The van der Waals surface area contributed by atoms with E-state index < -0.39 is 17.8 Å². The Labute approximate surface area is 148 Å². The summed E-state index contributed by atoms with van der Waals surface area (Å²) >= 11 is 0. The minimum Gasteiger partial charge on any atom is -0.481 e. The monoisotopic (exact) mass is 352 g/mol. The summed E-state index contributed by atoms with van der Waals surface area (Å²) in [6, 6.07) is 8.70. The zero-order chi connectivity index (χ0) is 18.4. The molecule has 0 aromatic carbocycles. The van der Waals surface area contributed by atoms with Crippen molar-refractivity contribution >= 4 is 22.8 Å². The van der Waals surface area contributed by atoms with E-state index in [1.165, 1.54) is 7.11 Å². The third kappa shape index (κ3) is 2.55. The molecule has 0 aliphatic heterocycles. The summed E-state index contributed by atoms with van der Waals surface area (Å²) in [5, 5.41) is 9.86. The van der Waals surface area contributed by atoms with Crippen molar-refractivity contribution in [2.45, 2.75) is 12.3 Å². The molecule has 2 atom stereocenters. The first-order valence-corrected chi connectivity index (χ1v) is 8.05. The highest BCUT2D eigenvalue weighted by Crippen LogP contribution is 2.46. The van der Waals surface area contributed by atoms with E-state index in [-0.39, 0.29) is 11.6 Å². The second-order valence-electron chi connectivity index (χ2n) is 6.22. The fraction of sp³-hybridized carbons (Fsp3) is 0.222. The van der Waals surface area contributed by atoms with E-state index in [1.807, 2.05) is 0 Å². The Morgan fingerprint density at radius 3 is 2.81 bits per heavy atom. The Morgan fingerprint density at radius 1 is 1.35 bits per heavy atom. The molecular formula is C18H16N4O4. The summed E-state index contributed by atoms with van der Waals surface area (Å²) in [4.78, 5) is 31.8. The van der Waals surface area contributed by atoms with Gasteiger partial charge < -0.3 is 15.6 Å². The molecule has 1 saturated carbocycles. The molecule has 26 heavy (non-hydrogen) atoms. The molecule has 8 nitrogen and oxygen atoms in total. The smallest absolute Gasteiger partial charge is 0.307 e. The average Bonchev–Trinajstić information content (AvgIpc) is 3.35. The SMILES string of the molecule is COc1cc2c(cn1)cc(C(N)=O)n2-c1cccc([C@@H]2C[C@H]2C(=O)O)n1. The maximum absolute atomic E-state index is 11.9. The highest BCUT2D eigenvalue weighted by molar-refractivity contribution is 5.98. The lowest BCUT2D eigenvalue weighted by atomic mass is 10.2. The molecule has 1 aliphatic rings. The fourth-order valence-corrected chi connectivity index (χ4v) is 3.19. The second kappa shape index (κ2) is 5.83. The van der Waals surface area contributed by atoms with Crippen LogP contribution in [0.5, 0.6) is 5.88 Å². The third-order valence-corrected chi connectivity index (χ3v) is 4.60. The molecule has 3 N–H and O–H groups in total. The number of primary amides is 1. The van der Waals surface area contributed by atoms with E-state index in [0.717, 1.165) is 5.39 Å². The van der Waals surface area contributed by atoms with Crippen LogP contribution in [0.2, 0.25) is 0 Å². The second-order valence-corrected chi connectivity index (χ2v) is 6.22. The summed E-state index contributed by atoms with van der Waals surface area (Å²) in [5.41, 5.74) is 7.18. The van der Waals surface area contributed by atoms with Crippen LogP contribution in [0.3, 0.4) is 0 Å².